The van der Waals surface area contributed by atoms with Gasteiger partial charge >= 0.3 is 0 Å². The summed E-state index contributed by atoms with van der Waals surface area (Å²) in [5.41, 5.74) is -0.648. The van der Waals surface area contributed by atoms with Crippen LogP contribution in [0.25, 0.3) is 0 Å². The molecule has 0 bridgehead atoms. The topological polar surface area (TPSA) is 61.4 Å². The van der Waals surface area contributed by atoms with Crippen LogP contribution in [0.4, 0.5) is 0 Å². The first-order valence-corrected chi connectivity index (χ1v) is 4.22. The van der Waals surface area contributed by atoms with Gasteiger partial charge in [0.05, 0.1) is 11.6 Å². The lowest BCUT2D eigenvalue weighted by atomic mass is 9.92. The third-order valence-electron chi connectivity index (χ3n) is 2.26. The predicted molar refractivity (Wildman–Crippen MR) is 45.7 cm³/mol. The molecule has 1 saturated heterocycles. The molecule has 0 aromatic heterocycles. The monoisotopic (exact) mass is 172 g/mol. The zero-order valence-corrected chi connectivity index (χ0v) is 7.55. The Kier molecular flexibility index (Phi) is 2.69. The standard InChI is InChI=1S/C8H16N2O2/c1-8(12)4-3-6(10-5-8)7(11)9-2/h6,10,12H,3-5H2,1-2H3,(H,9,11)/t6-,8-/m1/s1. The van der Waals surface area contributed by atoms with E-state index in [4.69, 9.17) is 0 Å². The van der Waals surface area contributed by atoms with Crippen molar-refractivity contribution in [3.05, 3.63) is 0 Å². The van der Waals surface area contributed by atoms with Gasteiger partial charge in [0.2, 0.25) is 5.91 Å². The van der Waals surface area contributed by atoms with Gasteiger partial charge in [-0.15, -0.1) is 0 Å². The maximum atomic E-state index is 11.1. The summed E-state index contributed by atoms with van der Waals surface area (Å²) >= 11 is 0. The van der Waals surface area contributed by atoms with Gasteiger partial charge < -0.3 is 15.7 Å². The fraction of sp³-hybridized carbons (Fsp3) is 0.875. The molecule has 4 nitrogen and oxygen atoms in total. The van der Waals surface area contributed by atoms with Gasteiger partial charge in [-0.25, -0.2) is 0 Å². The minimum atomic E-state index is -0.648. The second-order valence-corrected chi connectivity index (χ2v) is 3.58. The predicted octanol–water partition coefficient (Wildman–Crippen LogP) is -0.765. The van der Waals surface area contributed by atoms with Crippen molar-refractivity contribution >= 4 is 5.91 Å². The van der Waals surface area contributed by atoms with Gasteiger partial charge in [0, 0.05) is 13.6 Å². The first-order chi connectivity index (χ1) is 5.55. The van der Waals surface area contributed by atoms with E-state index in [0.717, 1.165) is 0 Å². The highest BCUT2D eigenvalue weighted by molar-refractivity contribution is 5.81. The van der Waals surface area contributed by atoms with Crippen LogP contribution in [0.15, 0.2) is 0 Å². The molecule has 0 aromatic carbocycles. The summed E-state index contributed by atoms with van der Waals surface area (Å²) in [5.74, 6) is 0.00509. The summed E-state index contributed by atoms with van der Waals surface area (Å²) in [6.07, 6.45) is 1.38. The average Bonchev–Trinajstić information content (AvgIpc) is 2.03. The molecule has 70 valence electrons. The first-order valence-electron chi connectivity index (χ1n) is 4.22. The molecule has 3 N–H and O–H groups in total. The van der Waals surface area contributed by atoms with Crippen LogP contribution in [0, 0.1) is 0 Å². The summed E-state index contributed by atoms with van der Waals surface area (Å²) in [6, 6.07) is -0.129. The fourth-order valence-corrected chi connectivity index (χ4v) is 1.39. The van der Waals surface area contributed by atoms with E-state index in [2.05, 4.69) is 10.6 Å². The van der Waals surface area contributed by atoms with Crippen molar-refractivity contribution in [2.24, 2.45) is 0 Å². The Morgan fingerprint density at radius 1 is 1.75 bits per heavy atom. The molecule has 1 aliphatic heterocycles. The number of β-amino-alcohol motifs (C(OH)–C–C–N with tert-alkyl or cyclic N) is 1. The van der Waals surface area contributed by atoms with E-state index in [0.29, 0.717) is 19.4 Å². The second-order valence-electron chi connectivity index (χ2n) is 3.58. The summed E-state index contributed by atoms with van der Waals surface area (Å²) in [6.45, 7) is 2.27. The van der Waals surface area contributed by atoms with E-state index in [-0.39, 0.29) is 11.9 Å². The SMILES string of the molecule is CNC(=O)[C@H]1CC[C@@](C)(O)CN1. The van der Waals surface area contributed by atoms with Crippen LogP contribution >= 0.6 is 0 Å². The minimum absolute atomic E-state index is 0.00509. The molecule has 1 fully saturated rings. The Labute approximate surface area is 72.3 Å². The normalized spacial score (nSPS) is 36.1. The van der Waals surface area contributed by atoms with Gasteiger partial charge in [-0.3, -0.25) is 4.79 Å². The van der Waals surface area contributed by atoms with Gasteiger partial charge in [-0.2, -0.15) is 0 Å². The fourth-order valence-electron chi connectivity index (χ4n) is 1.39. The van der Waals surface area contributed by atoms with Crippen molar-refractivity contribution in [1.82, 2.24) is 10.6 Å². The summed E-state index contributed by atoms with van der Waals surface area (Å²) in [5, 5.41) is 15.1. The van der Waals surface area contributed by atoms with E-state index in [1.807, 2.05) is 0 Å². The van der Waals surface area contributed by atoms with Crippen LogP contribution in [0.5, 0.6) is 0 Å². The zero-order chi connectivity index (χ0) is 9.19. The maximum absolute atomic E-state index is 11.1. The molecule has 0 aromatic rings. The van der Waals surface area contributed by atoms with Crippen LogP contribution in [-0.4, -0.2) is 36.2 Å². The number of hydrogen-bond acceptors (Lipinski definition) is 3. The third kappa shape index (κ3) is 2.19. The number of amides is 1. The van der Waals surface area contributed by atoms with Crippen molar-refractivity contribution in [2.45, 2.75) is 31.4 Å². The van der Waals surface area contributed by atoms with Gasteiger partial charge in [0.15, 0.2) is 0 Å². The van der Waals surface area contributed by atoms with Crippen LogP contribution in [-0.2, 0) is 4.79 Å². The molecule has 4 heteroatoms. The Balaban J connectivity index is 2.41. The number of aliphatic hydroxyl groups is 1. The number of carbonyl (C=O) groups excluding carboxylic acids is 1. The molecule has 0 aliphatic carbocycles. The molecule has 0 saturated carbocycles. The lowest BCUT2D eigenvalue weighted by Crippen LogP contribution is -2.53. The van der Waals surface area contributed by atoms with Crippen molar-refractivity contribution in [3.8, 4) is 0 Å². The number of piperidine rings is 1. The molecule has 0 radical (unpaired) electrons. The van der Waals surface area contributed by atoms with Crippen molar-refractivity contribution < 1.29 is 9.90 Å². The average molecular weight is 172 g/mol. The lowest BCUT2D eigenvalue weighted by molar-refractivity contribution is -0.124. The maximum Gasteiger partial charge on any atom is 0.236 e. The largest absolute Gasteiger partial charge is 0.389 e. The molecule has 0 unspecified atom stereocenters. The van der Waals surface area contributed by atoms with Crippen LogP contribution in [0.2, 0.25) is 0 Å². The number of hydrogen-bond donors (Lipinski definition) is 3. The number of rotatable bonds is 1. The van der Waals surface area contributed by atoms with Crippen LogP contribution in [0.1, 0.15) is 19.8 Å². The van der Waals surface area contributed by atoms with E-state index in [1.54, 1.807) is 14.0 Å². The van der Waals surface area contributed by atoms with E-state index < -0.39 is 5.60 Å². The Bertz CT molecular complexity index is 170. The first kappa shape index (κ1) is 9.48. The van der Waals surface area contributed by atoms with E-state index >= 15 is 0 Å². The quantitative estimate of drug-likeness (QED) is 0.487. The zero-order valence-electron chi connectivity index (χ0n) is 7.55. The van der Waals surface area contributed by atoms with Gasteiger partial charge in [-0.1, -0.05) is 0 Å². The highest BCUT2D eigenvalue weighted by atomic mass is 16.3. The molecule has 1 rings (SSSR count). The molecule has 12 heavy (non-hydrogen) atoms. The van der Waals surface area contributed by atoms with Crippen molar-refractivity contribution in [3.63, 3.8) is 0 Å². The van der Waals surface area contributed by atoms with E-state index in [9.17, 15) is 9.90 Å². The van der Waals surface area contributed by atoms with Gasteiger partial charge in [0.1, 0.15) is 0 Å². The van der Waals surface area contributed by atoms with Crippen molar-refractivity contribution in [1.29, 1.82) is 0 Å². The van der Waals surface area contributed by atoms with Crippen LogP contribution < -0.4 is 10.6 Å². The highest BCUT2D eigenvalue weighted by Crippen LogP contribution is 2.17. The second kappa shape index (κ2) is 3.41. The van der Waals surface area contributed by atoms with Crippen LogP contribution in [0.3, 0.4) is 0 Å². The molecular weight excluding hydrogens is 156 g/mol. The molecular formula is C8H16N2O2. The molecule has 1 amide bonds. The third-order valence-corrected chi connectivity index (χ3v) is 2.26. The minimum Gasteiger partial charge on any atom is -0.389 e. The summed E-state index contributed by atoms with van der Waals surface area (Å²) < 4.78 is 0. The summed E-state index contributed by atoms with van der Waals surface area (Å²) in [7, 11) is 1.62. The Morgan fingerprint density at radius 3 is 2.83 bits per heavy atom. The molecule has 2 atom stereocenters. The smallest absolute Gasteiger partial charge is 0.236 e. The number of carbonyl (C=O) groups is 1. The van der Waals surface area contributed by atoms with E-state index in [1.165, 1.54) is 0 Å². The van der Waals surface area contributed by atoms with Crippen molar-refractivity contribution in [2.75, 3.05) is 13.6 Å². The Morgan fingerprint density at radius 2 is 2.42 bits per heavy atom. The molecule has 0 spiro atoms. The molecule has 1 heterocycles. The highest BCUT2D eigenvalue weighted by Gasteiger charge is 2.30. The van der Waals surface area contributed by atoms with Gasteiger partial charge in [-0.05, 0) is 19.8 Å². The number of likely N-dealkylation sites (N-methyl/N-ethyl adjacent to an activating group) is 1. The summed E-state index contributed by atoms with van der Waals surface area (Å²) in [4.78, 5) is 11.1. The number of nitrogens with one attached hydrogen (secondary N) is 2. The molecule has 1 aliphatic rings. The lowest BCUT2D eigenvalue weighted by Gasteiger charge is -2.33. The Hall–Kier alpha value is -0.610. The van der Waals surface area contributed by atoms with Gasteiger partial charge in [0.25, 0.3) is 0 Å².